The zero-order chi connectivity index (χ0) is 23.9. The summed E-state index contributed by atoms with van der Waals surface area (Å²) in [5.74, 6) is 1.08. The van der Waals surface area contributed by atoms with Gasteiger partial charge in [-0.1, -0.05) is 17.7 Å². The van der Waals surface area contributed by atoms with Crippen molar-refractivity contribution in [2.45, 2.75) is 31.9 Å². The lowest BCUT2D eigenvalue weighted by molar-refractivity contribution is 0.167. The van der Waals surface area contributed by atoms with Crippen LogP contribution < -0.4 is 19.5 Å². The molecule has 0 fully saturated rings. The Kier molecular flexibility index (Phi) is 8.94. The molecule has 0 saturated carbocycles. The number of aliphatic hydroxyl groups excluding tert-OH is 1. The molecule has 4 N–H and O–H groups in total. The number of nitrogens with one attached hydrogen (secondary N) is 2. The number of rotatable bonds is 12. The van der Waals surface area contributed by atoms with Gasteiger partial charge in [-0.15, -0.1) is 6.58 Å². The van der Waals surface area contributed by atoms with Crippen LogP contribution in [-0.2, 0) is 16.4 Å². The smallest absolute Gasteiger partial charge is 0.229 e. The molecule has 2 unspecified atom stereocenters. The number of benzene rings is 2. The lowest BCUT2D eigenvalue weighted by Crippen LogP contribution is -2.32. The molecule has 0 aliphatic carbocycles. The SMILES string of the molecule is C=C(C)CC(NCC(O)Cc1ccc(O)c(NS(C)(=O)=O)c1)c1ccc(OC)c(OC)c1. The van der Waals surface area contributed by atoms with Gasteiger partial charge in [0, 0.05) is 12.6 Å². The Labute approximate surface area is 189 Å². The topological polar surface area (TPSA) is 117 Å². The van der Waals surface area contributed by atoms with Gasteiger partial charge >= 0.3 is 0 Å². The highest BCUT2D eigenvalue weighted by Gasteiger charge is 2.17. The zero-order valence-electron chi connectivity index (χ0n) is 18.9. The van der Waals surface area contributed by atoms with Gasteiger partial charge in [-0.05, 0) is 55.2 Å². The monoisotopic (exact) mass is 464 g/mol. The fourth-order valence-electron chi connectivity index (χ4n) is 3.34. The number of hydrogen-bond acceptors (Lipinski definition) is 7. The third-order valence-electron chi connectivity index (χ3n) is 4.79. The Hall–Kier alpha value is -2.75. The number of anilines is 1. The summed E-state index contributed by atoms with van der Waals surface area (Å²) in [5, 5.41) is 23.8. The first-order chi connectivity index (χ1) is 15.0. The van der Waals surface area contributed by atoms with Gasteiger partial charge in [0.2, 0.25) is 10.0 Å². The van der Waals surface area contributed by atoms with Gasteiger partial charge in [0.25, 0.3) is 0 Å². The van der Waals surface area contributed by atoms with Crippen LogP contribution in [-0.4, -0.2) is 51.8 Å². The van der Waals surface area contributed by atoms with E-state index in [0.29, 0.717) is 30.0 Å². The summed E-state index contributed by atoms with van der Waals surface area (Å²) in [6.07, 6.45) is 1.22. The molecule has 2 rings (SSSR count). The van der Waals surface area contributed by atoms with Gasteiger partial charge in [-0.2, -0.15) is 0 Å². The molecule has 2 atom stereocenters. The Bertz CT molecular complexity index is 1040. The molecule has 0 aromatic heterocycles. The summed E-state index contributed by atoms with van der Waals surface area (Å²) in [6, 6.07) is 10.1. The Morgan fingerprint density at radius 2 is 1.81 bits per heavy atom. The third-order valence-corrected chi connectivity index (χ3v) is 5.38. The van der Waals surface area contributed by atoms with E-state index in [4.69, 9.17) is 9.47 Å². The van der Waals surface area contributed by atoms with E-state index in [-0.39, 0.29) is 23.9 Å². The van der Waals surface area contributed by atoms with Crippen LogP contribution in [0.1, 0.15) is 30.5 Å². The molecule has 2 aromatic carbocycles. The lowest BCUT2D eigenvalue weighted by Gasteiger charge is -2.23. The summed E-state index contributed by atoms with van der Waals surface area (Å²) in [7, 11) is -0.370. The van der Waals surface area contributed by atoms with Crippen LogP contribution in [0.25, 0.3) is 0 Å². The van der Waals surface area contributed by atoms with E-state index in [1.165, 1.54) is 12.1 Å². The number of sulfonamides is 1. The summed E-state index contributed by atoms with van der Waals surface area (Å²) < 4.78 is 35.9. The standard InChI is InChI=1S/C23H32N2O6S/c1-15(2)10-19(17-7-9-22(30-3)23(13-17)31-4)24-14-18(26)11-16-6-8-21(27)20(12-16)25-32(5,28)29/h6-9,12-13,18-19,24-27H,1,10-11,14H2,2-5H3. The van der Waals surface area contributed by atoms with Crippen molar-refractivity contribution in [1.82, 2.24) is 5.32 Å². The van der Waals surface area contributed by atoms with Crippen LogP contribution in [0.2, 0.25) is 0 Å². The minimum absolute atomic E-state index is 0.0793. The second-order valence-corrected chi connectivity index (χ2v) is 9.57. The number of aromatic hydroxyl groups is 1. The molecule has 2 aromatic rings. The quantitative estimate of drug-likeness (QED) is 0.282. The maximum atomic E-state index is 11.5. The Morgan fingerprint density at radius 3 is 2.41 bits per heavy atom. The van der Waals surface area contributed by atoms with Gasteiger partial charge in [0.1, 0.15) is 5.75 Å². The van der Waals surface area contributed by atoms with Crippen molar-refractivity contribution in [3.05, 3.63) is 59.7 Å². The average Bonchev–Trinajstić information content (AvgIpc) is 2.71. The predicted molar refractivity (Wildman–Crippen MR) is 126 cm³/mol. The zero-order valence-corrected chi connectivity index (χ0v) is 19.7. The fourth-order valence-corrected chi connectivity index (χ4v) is 3.90. The average molecular weight is 465 g/mol. The number of aliphatic hydroxyl groups is 1. The number of phenolic OH excluding ortho intramolecular Hbond substituents is 1. The summed E-state index contributed by atoms with van der Waals surface area (Å²) in [4.78, 5) is 0. The first kappa shape index (κ1) is 25.5. The van der Waals surface area contributed by atoms with Gasteiger partial charge in [-0.25, -0.2) is 8.42 Å². The van der Waals surface area contributed by atoms with Crippen molar-refractivity contribution >= 4 is 15.7 Å². The largest absolute Gasteiger partial charge is 0.506 e. The van der Waals surface area contributed by atoms with Crippen molar-refractivity contribution in [2.24, 2.45) is 0 Å². The molecule has 0 radical (unpaired) electrons. The minimum atomic E-state index is -3.53. The van der Waals surface area contributed by atoms with Crippen LogP contribution in [0.3, 0.4) is 0 Å². The van der Waals surface area contributed by atoms with Crippen LogP contribution in [0.15, 0.2) is 48.6 Å². The maximum Gasteiger partial charge on any atom is 0.229 e. The molecule has 0 bridgehead atoms. The Balaban J connectivity index is 2.10. The van der Waals surface area contributed by atoms with Crippen LogP contribution in [0.4, 0.5) is 5.69 Å². The van der Waals surface area contributed by atoms with Crippen molar-refractivity contribution in [1.29, 1.82) is 0 Å². The molecule has 8 nitrogen and oxygen atoms in total. The summed E-state index contributed by atoms with van der Waals surface area (Å²) in [5.41, 5.74) is 2.73. The molecule has 0 amide bonds. The summed E-state index contributed by atoms with van der Waals surface area (Å²) in [6.45, 7) is 6.24. The molecule has 176 valence electrons. The van der Waals surface area contributed by atoms with Crippen molar-refractivity contribution in [2.75, 3.05) is 31.7 Å². The second kappa shape index (κ2) is 11.2. The van der Waals surface area contributed by atoms with Crippen LogP contribution >= 0.6 is 0 Å². The van der Waals surface area contributed by atoms with Crippen molar-refractivity contribution in [3.8, 4) is 17.2 Å². The van der Waals surface area contributed by atoms with E-state index in [2.05, 4.69) is 16.6 Å². The van der Waals surface area contributed by atoms with E-state index in [0.717, 1.165) is 17.4 Å². The van der Waals surface area contributed by atoms with E-state index in [9.17, 15) is 18.6 Å². The predicted octanol–water partition coefficient (Wildman–Crippen LogP) is 2.98. The van der Waals surface area contributed by atoms with Gasteiger partial charge in [0.15, 0.2) is 11.5 Å². The number of hydrogen-bond donors (Lipinski definition) is 4. The molecule has 0 aliphatic rings. The third kappa shape index (κ3) is 7.74. The first-order valence-corrected chi connectivity index (χ1v) is 12.0. The minimum Gasteiger partial charge on any atom is -0.506 e. The molecule has 0 heterocycles. The molecule has 9 heteroatoms. The van der Waals surface area contributed by atoms with Crippen LogP contribution in [0, 0.1) is 0 Å². The van der Waals surface area contributed by atoms with E-state index < -0.39 is 16.1 Å². The lowest BCUT2D eigenvalue weighted by atomic mass is 9.99. The highest BCUT2D eigenvalue weighted by atomic mass is 32.2. The molecular formula is C23H32N2O6S. The first-order valence-electron chi connectivity index (χ1n) is 10.1. The number of methoxy groups -OCH3 is 2. The normalized spacial score (nSPS) is 13.3. The molecule has 0 saturated heterocycles. The van der Waals surface area contributed by atoms with Crippen LogP contribution in [0.5, 0.6) is 17.2 Å². The van der Waals surface area contributed by atoms with E-state index >= 15 is 0 Å². The summed E-state index contributed by atoms with van der Waals surface area (Å²) >= 11 is 0. The number of ether oxygens (including phenoxy) is 2. The van der Waals surface area contributed by atoms with E-state index in [1.54, 1.807) is 20.3 Å². The molecule has 32 heavy (non-hydrogen) atoms. The second-order valence-electron chi connectivity index (χ2n) is 7.82. The Morgan fingerprint density at radius 1 is 1.12 bits per heavy atom. The molecular weight excluding hydrogens is 432 g/mol. The maximum absolute atomic E-state index is 11.5. The molecule has 0 aliphatic heterocycles. The highest BCUT2D eigenvalue weighted by Crippen LogP contribution is 2.32. The molecule has 0 spiro atoms. The van der Waals surface area contributed by atoms with E-state index in [1.807, 2.05) is 25.1 Å². The van der Waals surface area contributed by atoms with Crippen molar-refractivity contribution < 1.29 is 28.1 Å². The highest BCUT2D eigenvalue weighted by molar-refractivity contribution is 7.92. The van der Waals surface area contributed by atoms with Crippen molar-refractivity contribution in [3.63, 3.8) is 0 Å². The van der Waals surface area contributed by atoms with Gasteiger partial charge in [0.05, 0.1) is 32.3 Å². The van der Waals surface area contributed by atoms with Gasteiger partial charge < -0.3 is 25.0 Å². The fraction of sp³-hybridized carbons (Fsp3) is 0.391. The number of phenols is 1. The van der Waals surface area contributed by atoms with Gasteiger partial charge in [-0.3, -0.25) is 4.72 Å².